The van der Waals surface area contributed by atoms with Crippen LogP contribution in [0.25, 0.3) is 0 Å². The molecule has 0 saturated carbocycles. The lowest BCUT2D eigenvalue weighted by Gasteiger charge is -2.07. The van der Waals surface area contributed by atoms with E-state index in [1.165, 1.54) is 16.8 Å². The van der Waals surface area contributed by atoms with Crippen molar-refractivity contribution in [1.29, 1.82) is 0 Å². The lowest BCUT2D eigenvalue weighted by molar-refractivity contribution is 0.414. The van der Waals surface area contributed by atoms with Gasteiger partial charge >= 0.3 is 0 Å². The Morgan fingerprint density at radius 1 is 1.32 bits per heavy atom. The molecule has 0 N–H and O–H groups in total. The van der Waals surface area contributed by atoms with Crippen molar-refractivity contribution in [3.63, 3.8) is 0 Å². The largest absolute Gasteiger partial charge is 0.497 e. The van der Waals surface area contributed by atoms with Gasteiger partial charge in [0.1, 0.15) is 16.5 Å². The van der Waals surface area contributed by atoms with Gasteiger partial charge in [-0.15, -0.1) is 4.91 Å². The Kier molecular flexibility index (Phi) is 3.97. The van der Waals surface area contributed by atoms with Crippen LogP contribution in [0.5, 0.6) is 5.75 Å². The van der Waals surface area contributed by atoms with E-state index in [1.807, 2.05) is 12.1 Å². The van der Waals surface area contributed by atoms with E-state index >= 15 is 0 Å². The van der Waals surface area contributed by atoms with E-state index in [1.54, 1.807) is 19.2 Å². The summed E-state index contributed by atoms with van der Waals surface area (Å²) < 4.78 is 6.40. The maximum Gasteiger partial charge on any atom is 0.269 e. The van der Waals surface area contributed by atoms with Crippen LogP contribution in [-0.4, -0.2) is 11.7 Å². The van der Waals surface area contributed by atoms with Crippen molar-refractivity contribution in [2.75, 3.05) is 7.11 Å². The lowest BCUT2D eigenvalue weighted by atomic mass is 10.2. The Hall–Kier alpha value is -2.14. The Morgan fingerprint density at radius 2 is 2.00 bits per heavy atom. The summed E-state index contributed by atoms with van der Waals surface area (Å²) in [6.45, 7) is 0.311. The zero-order valence-electron chi connectivity index (χ0n) is 10.2. The van der Waals surface area contributed by atoms with Crippen LogP contribution in [0.15, 0.2) is 46.5 Å². The summed E-state index contributed by atoms with van der Waals surface area (Å²) in [5.74, 6) is 0.734. The van der Waals surface area contributed by atoms with E-state index in [0.29, 0.717) is 6.54 Å². The van der Waals surface area contributed by atoms with Crippen molar-refractivity contribution in [2.24, 2.45) is 5.18 Å². The predicted molar refractivity (Wildman–Crippen MR) is 73.3 cm³/mol. The Morgan fingerprint density at radius 3 is 2.58 bits per heavy atom. The summed E-state index contributed by atoms with van der Waals surface area (Å²) >= 11 is 5.76. The number of rotatable bonds is 4. The molecule has 1 aromatic heterocycles. The first-order valence-corrected chi connectivity index (χ1v) is 5.88. The molecule has 0 amide bonds. The number of aromatic nitrogens is 1. The molecule has 0 fully saturated rings. The predicted octanol–water partition coefficient (Wildman–Crippen LogP) is 2.96. The van der Waals surface area contributed by atoms with Gasteiger partial charge in [-0.3, -0.25) is 4.79 Å². The summed E-state index contributed by atoms with van der Waals surface area (Å²) in [6.07, 6.45) is 1.38. The number of nitrogens with zero attached hydrogens (tertiary/aromatic N) is 2. The molecule has 0 aliphatic carbocycles. The molecule has 0 radical (unpaired) electrons. The minimum atomic E-state index is -0.357. The van der Waals surface area contributed by atoms with Crippen molar-refractivity contribution in [3.8, 4) is 5.75 Å². The summed E-state index contributed by atoms with van der Waals surface area (Å²) in [6, 6.07) is 8.51. The molecule has 2 rings (SSSR count). The Labute approximate surface area is 114 Å². The quantitative estimate of drug-likeness (QED) is 0.808. The molecule has 19 heavy (non-hydrogen) atoms. The van der Waals surface area contributed by atoms with Crippen molar-refractivity contribution >= 4 is 17.3 Å². The number of hydrogen-bond donors (Lipinski definition) is 0. The Bertz CT molecular complexity index is 650. The standard InChI is InChI=1S/C13H11ClN2O3/c1-19-11-4-2-9(3-5-11)7-16-8-10(15-18)6-12(14)13(16)17/h2-6,8H,7H2,1H3. The van der Waals surface area contributed by atoms with Crippen LogP contribution in [0.3, 0.4) is 0 Å². The van der Waals surface area contributed by atoms with Gasteiger partial charge in [0.25, 0.3) is 5.56 Å². The first kappa shape index (κ1) is 13.3. The molecule has 6 heteroatoms. The molecule has 2 aromatic rings. The molecule has 1 heterocycles. The van der Waals surface area contributed by atoms with Gasteiger partial charge < -0.3 is 9.30 Å². The van der Waals surface area contributed by atoms with Crippen molar-refractivity contribution in [1.82, 2.24) is 4.57 Å². The van der Waals surface area contributed by atoms with Crippen LogP contribution < -0.4 is 10.3 Å². The maximum atomic E-state index is 11.8. The molecule has 5 nitrogen and oxygen atoms in total. The number of hydrogen-bond acceptors (Lipinski definition) is 4. The van der Waals surface area contributed by atoms with E-state index < -0.39 is 0 Å². The SMILES string of the molecule is COc1ccc(Cn2cc(N=O)cc(Cl)c2=O)cc1. The van der Waals surface area contributed by atoms with Crippen LogP contribution in [0.2, 0.25) is 5.02 Å². The maximum absolute atomic E-state index is 11.8. The summed E-state index contributed by atoms with van der Waals surface area (Å²) in [7, 11) is 1.58. The fourth-order valence-electron chi connectivity index (χ4n) is 1.68. The molecule has 0 saturated heterocycles. The van der Waals surface area contributed by atoms with Crippen molar-refractivity contribution in [2.45, 2.75) is 6.54 Å². The third kappa shape index (κ3) is 3.00. The highest BCUT2D eigenvalue weighted by Crippen LogP contribution is 2.16. The number of methoxy groups -OCH3 is 1. The third-order valence-electron chi connectivity index (χ3n) is 2.65. The zero-order chi connectivity index (χ0) is 13.8. The number of pyridine rings is 1. The molecule has 0 aliphatic rings. The van der Waals surface area contributed by atoms with Gasteiger partial charge in [0.2, 0.25) is 0 Å². The van der Waals surface area contributed by atoms with Crippen LogP contribution >= 0.6 is 11.6 Å². The molecule has 0 unspecified atom stereocenters. The number of halogens is 1. The minimum Gasteiger partial charge on any atom is -0.497 e. The van der Waals surface area contributed by atoms with E-state index in [9.17, 15) is 9.70 Å². The molecule has 1 aromatic carbocycles. The second kappa shape index (κ2) is 5.67. The average Bonchev–Trinajstić information content (AvgIpc) is 2.44. The molecule has 98 valence electrons. The fraction of sp³-hybridized carbons (Fsp3) is 0.154. The van der Waals surface area contributed by atoms with Crippen LogP contribution in [0.4, 0.5) is 5.69 Å². The van der Waals surface area contributed by atoms with Crippen LogP contribution in [-0.2, 0) is 6.54 Å². The summed E-state index contributed by atoms with van der Waals surface area (Å²) in [5.41, 5.74) is 0.657. The number of benzene rings is 1. The highest BCUT2D eigenvalue weighted by atomic mass is 35.5. The van der Waals surface area contributed by atoms with E-state index in [2.05, 4.69) is 5.18 Å². The van der Waals surface area contributed by atoms with E-state index in [0.717, 1.165) is 11.3 Å². The summed E-state index contributed by atoms with van der Waals surface area (Å²) in [5, 5.41) is 2.77. The van der Waals surface area contributed by atoms with Gasteiger partial charge in [0, 0.05) is 6.20 Å². The molecular formula is C13H11ClN2O3. The smallest absolute Gasteiger partial charge is 0.269 e. The van der Waals surface area contributed by atoms with Crippen LogP contribution in [0.1, 0.15) is 5.56 Å². The molecular weight excluding hydrogens is 268 g/mol. The lowest BCUT2D eigenvalue weighted by Crippen LogP contribution is -2.20. The molecule has 0 aliphatic heterocycles. The van der Waals surface area contributed by atoms with Gasteiger partial charge in [0.15, 0.2) is 0 Å². The van der Waals surface area contributed by atoms with Crippen molar-refractivity contribution < 1.29 is 4.74 Å². The molecule has 0 bridgehead atoms. The number of nitroso groups, excluding NO2 is 1. The van der Waals surface area contributed by atoms with E-state index in [-0.39, 0.29) is 16.3 Å². The highest BCUT2D eigenvalue weighted by molar-refractivity contribution is 6.30. The average molecular weight is 279 g/mol. The van der Waals surface area contributed by atoms with Gasteiger partial charge in [-0.25, -0.2) is 0 Å². The third-order valence-corrected chi connectivity index (χ3v) is 2.92. The minimum absolute atomic E-state index is 0.0226. The first-order chi connectivity index (χ1) is 9.13. The van der Waals surface area contributed by atoms with Gasteiger partial charge in [-0.1, -0.05) is 23.7 Å². The van der Waals surface area contributed by atoms with Gasteiger partial charge in [0.05, 0.1) is 13.7 Å². The monoisotopic (exact) mass is 278 g/mol. The van der Waals surface area contributed by atoms with Gasteiger partial charge in [-0.05, 0) is 28.9 Å². The highest BCUT2D eigenvalue weighted by Gasteiger charge is 2.06. The molecule has 0 atom stereocenters. The summed E-state index contributed by atoms with van der Waals surface area (Å²) in [4.78, 5) is 22.3. The normalized spacial score (nSPS) is 10.2. The van der Waals surface area contributed by atoms with Crippen LogP contribution in [0, 0.1) is 4.91 Å². The number of ether oxygens (including phenoxy) is 1. The zero-order valence-corrected chi connectivity index (χ0v) is 10.9. The van der Waals surface area contributed by atoms with E-state index in [4.69, 9.17) is 16.3 Å². The Balaban J connectivity index is 2.34. The topological polar surface area (TPSA) is 60.7 Å². The second-order valence-electron chi connectivity index (χ2n) is 3.92. The van der Waals surface area contributed by atoms with Crippen molar-refractivity contribution in [3.05, 3.63) is 62.4 Å². The first-order valence-electron chi connectivity index (χ1n) is 5.50. The van der Waals surface area contributed by atoms with Gasteiger partial charge in [-0.2, -0.15) is 0 Å². The molecule has 0 spiro atoms. The second-order valence-corrected chi connectivity index (χ2v) is 4.33. The fourth-order valence-corrected chi connectivity index (χ4v) is 1.90.